The van der Waals surface area contributed by atoms with E-state index in [4.69, 9.17) is 0 Å². The van der Waals surface area contributed by atoms with E-state index >= 15 is 0 Å². The van der Waals surface area contributed by atoms with Crippen LogP contribution in [-0.4, -0.2) is 17.8 Å². The smallest absolute Gasteiger partial charge is 0.107 e. The normalized spacial score (nSPS) is 12.1. The summed E-state index contributed by atoms with van der Waals surface area (Å²) in [6.07, 6.45) is 32.0. The number of hydrogen-bond donors (Lipinski definition) is 0. The van der Waals surface area contributed by atoms with Gasteiger partial charge in [-0.2, -0.15) is 0 Å². The van der Waals surface area contributed by atoms with Crippen molar-refractivity contribution >= 4 is 10.9 Å². The lowest BCUT2D eigenvalue weighted by Gasteiger charge is -2.04. The van der Waals surface area contributed by atoms with Crippen LogP contribution in [0, 0.1) is 0 Å². The van der Waals surface area contributed by atoms with E-state index < -0.39 is 0 Å². The van der Waals surface area contributed by atoms with Crippen LogP contribution in [0.15, 0.2) is 0 Å². The van der Waals surface area contributed by atoms with E-state index in [2.05, 4.69) is 20.1 Å². The Hall–Kier alpha value is 0.640. The van der Waals surface area contributed by atoms with Gasteiger partial charge in [0.2, 0.25) is 0 Å². The van der Waals surface area contributed by atoms with Crippen LogP contribution in [0.25, 0.3) is 0 Å². The van der Waals surface area contributed by atoms with Crippen LogP contribution in [-0.2, 0) is 10.9 Å². The lowest BCUT2D eigenvalue weighted by atomic mass is 10.0. The molecule has 0 aromatic carbocycles. The molecule has 0 spiro atoms. The Labute approximate surface area is 183 Å². The highest BCUT2D eigenvalue weighted by atomic mass is 35.5. The first-order chi connectivity index (χ1) is 12.8. The van der Waals surface area contributed by atoms with Crippen molar-refractivity contribution in [2.45, 2.75) is 142 Å². The van der Waals surface area contributed by atoms with E-state index in [-0.39, 0.29) is 12.4 Å². The number of hydrogen-bond acceptors (Lipinski definition) is 0. The van der Waals surface area contributed by atoms with Gasteiger partial charge in [-0.15, -0.1) is 0 Å². The lowest BCUT2D eigenvalue weighted by Crippen LogP contribution is -3.00. The largest absolute Gasteiger partial charge is 1.00 e. The topological polar surface area (TPSA) is 0 Å². The van der Waals surface area contributed by atoms with Crippen LogP contribution in [0.1, 0.15) is 142 Å². The van der Waals surface area contributed by atoms with Crippen LogP contribution in [0.5, 0.6) is 0 Å². The van der Waals surface area contributed by atoms with E-state index in [1.165, 1.54) is 140 Å². The molecule has 1 atom stereocenters. The van der Waals surface area contributed by atoms with Gasteiger partial charge in [0.05, 0.1) is 6.26 Å². The van der Waals surface area contributed by atoms with Gasteiger partial charge in [-0.25, -0.2) is 0 Å². The Balaban J connectivity index is 0. The summed E-state index contributed by atoms with van der Waals surface area (Å²) in [6, 6.07) is 0. The summed E-state index contributed by atoms with van der Waals surface area (Å²) in [5.41, 5.74) is 0. The lowest BCUT2D eigenvalue weighted by molar-refractivity contribution is -0.00000589. The van der Waals surface area contributed by atoms with Gasteiger partial charge in [0.1, 0.15) is 11.5 Å². The fourth-order valence-corrected chi connectivity index (χ4v) is 4.73. The Morgan fingerprint density at radius 1 is 0.407 bits per heavy atom. The Morgan fingerprint density at radius 3 is 0.926 bits per heavy atom. The molecule has 0 aliphatic heterocycles. The van der Waals surface area contributed by atoms with Gasteiger partial charge in [-0.1, -0.05) is 122 Å². The van der Waals surface area contributed by atoms with E-state index in [9.17, 15) is 0 Å². The van der Waals surface area contributed by atoms with Gasteiger partial charge in [0, 0.05) is 0 Å². The van der Waals surface area contributed by atoms with Gasteiger partial charge in [-0.3, -0.25) is 0 Å². The first-order valence-corrected chi connectivity index (χ1v) is 14.4. The molecule has 0 saturated carbocycles. The molecule has 0 aliphatic rings. The minimum atomic E-state index is 0. The summed E-state index contributed by atoms with van der Waals surface area (Å²) < 4.78 is 0. The predicted octanol–water partition coefficient (Wildman–Crippen LogP) is 6.08. The molecule has 0 rings (SSSR count). The highest BCUT2D eigenvalue weighted by Crippen LogP contribution is 2.14. The second-order valence-corrected chi connectivity index (χ2v) is 11.0. The van der Waals surface area contributed by atoms with E-state index in [0.29, 0.717) is 10.9 Å². The van der Waals surface area contributed by atoms with Crippen LogP contribution in [0.4, 0.5) is 0 Å². The summed E-state index contributed by atoms with van der Waals surface area (Å²) in [6.45, 7) is 4.64. The molecule has 0 aliphatic carbocycles. The van der Waals surface area contributed by atoms with E-state index in [0.717, 1.165) is 0 Å². The van der Waals surface area contributed by atoms with Crippen molar-refractivity contribution in [2.24, 2.45) is 0 Å². The van der Waals surface area contributed by atoms with Crippen LogP contribution < -0.4 is 12.4 Å². The zero-order chi connectivity index (χ0) is 19.1. The molecular weight excluding hydrogens is 368 g/mol. The Bertz CT molecular complexity index is 244. The molecular formula is C25H53ClS. The molecule has 0 bridgehead atoms. The quantitative estimate of drug-likeness (QED) is 0.147. The summed E-state index contributed by atoms with van der Waals surface area (Å²) in [5, 5.41) is 0. The molecule has 0 aromatic heterocycles. The first-order valence-electron chi connectivity index (χ1n) is 12.4. The van der Waals surface area contributed by atoms with Crippen LogP contribution in [0.3, 0.4) is 0 Å². The van der Waals surface area contributed by atoms with Gasteiger partial charge < -0.3 is 12.4 Å². The molecule has 1 unspecified atom stereocenters. The SMILES string of the molecule is CCCCCCCCCCCCCCCCCCCCCC[S+](C)CC.[Cl-]. The second kappa shape index (κ2) is 26.6. The molecule has 0 amide bonds. The monoisotopic (exact) mass is 420 g/mol. The molecule has 166 valence electrons. The minimum absolute atomic E-state index is 0. The molecule has 0 aromatic rings. The van der Waals surface area contributed by atoms with Gasteiger partial charge >= 0.3 is 0 Å². The number of rotatable bonds is 22. The summed E-state index contributed by atoms with van der Waals surface area (Å²) >= 11 is 0. The van der Waals surface area contributed by atoms with E-state index in [1.807, 2.05) is 0 Å². The molecule has 0 N–H and O–H groups in total. The average molecular weight is 421 g/mol. The third-order valence-corrected chi connectivity index (χ3v) is 7.81. The van der Waals surface area contributed by atoms with Crippen LogP contribution in [0.2, 0.25) is 0 Å². The molecule has 0 fully saturated rings. The molecule has 27 heavy (non-hydrogen) atoms. The van der Waals surface area contributed by atoms with Crippen molar-refractivity contribution < 1.29 is 12.4 Å². The number of halogens is 1. The summed E-state index contributed by atoms with van der Waals surface area (Å²) in [7, 11) is 0.704. The van der Waals surface area contributed by atoms with Crippen molar-refractivity contribution in [3.63, 3.8) is 0 Å². The fourth-order valence-electron chi connectivity index (χ4n) is 3.75. The van der Waals surface area contributed by atoms with Gasteiger partial charge in [-0.05, 0) is 30.7 Å². The summed E-state index contributed by atoms with van der Waals surface area (Å²) in [4.78, 5) is 0. The van der Waals surface area contributed by atoms with E-state index in [1.54, 1.807) is 0 Å². The zero-order valence-corrected chi connectivity index (χ0v) is 20.9. The highest BCUT2D eigenvalue weighted by molar-refractivity contribution is 7.96. The fraction of sp³-hybridized carbons (Fsp3) is 1.00. The van der Waals surface area contributed by atoms with Gasteiger partial charge in [0.15, 0.2) is 0 Å². The molecule has 0 heterocycles. The standard InChI is InChI=1S/C25H53S.ClH/c1-4-6-7-8-9-10-11-12-13-14-15-16-17-18-19-20-21-22-23-24-25-26(3)5-2;/h4-25H2,1-3H3;1H/q+1;/p-1. The maximum Gasteiger partial charge on any atom is 0.107 e. The second-order valence-electron chi connectivity index (χ2n) is 8.49. The zero-order valence-electron chi connectivity index (χ0n) is 19.3. The highest BCUT2D eigenvalue weighted by Gasteiger charge is 2.05. The van der Waals surface area contributed by atoms with Gasteiger partial charge in [0.25, 0.3) is 0 Å². The molecule has 0 nitrogen and oxygen atoms in total. The predicted molar refractivity (Wildman–Crippen MR) is 127 cm³/mol. The first kappa shape index (κ1) is 29.8. The molecule has 2 heteroatoms. The Kier molecular flexibility index (Phi) is 29.4. The van der Waals surface area contributed by atoms with Crippen LogP contribution >= 0.6 is 0 Å². The van der Waals surface area contributed by atoms with Crippen molar-refractivity contribution in [3.05, 3.63) is 0 Å². The maximum atomic E-state index is 2.43. The summed E-state index contributed by atoms with van der Waals surface area (Å²) in [5.74, 6) is 2.87. The average Bonchev–Trinajstić information content (AvgIpc) is 2.66. The third kappa shape index (κ3) is 26.6. The molecule has 0 radical (unpaired) electrons. The minimum Gasteiger partial charge on any atom is -1.00 e. The maximum absolute atomic E-state index is 2.43. The van der Waals surface area contributed by atoms with Crippen molar-refractivity contribution in [1.82, 2.24) is 0 Å². The van der Waals surface area contributed by atoms with Crippen molar-refractivity contribution in [3.8, 4) is 0 Å². The molecule has 0 saturated heterocycles. The Morgan fingerprint density at radius 2 is 0.667 bits per heavy atom. The number of unbranched alkanes of at least 4 members (excludes halogenated alkanes) is 19. The van der Waals surface area contributed by atoms with Crippen molar-refractivity contribution in [1.29, 1.82) is 0 Å². The van der Waals surface area contributed by atoms with Crippen molar-refractivity contribution in [2.75, 3.05) is 17.8 Å². The third-order valence-electron chi connectivity index (χ3n) is 5.84.